The number of carbonyl (C=O) groups is 1. The van der Waals surface area contributed by atoms with Gasteiger partial charge in [-0.1, -0.05) is 19.9 Å². The van der Waals surface area contributed by atoms with Gasteiger partial charge in [0.25, 0.3) is 5.91 Å². The summed E-state index contributed by atoms with van der Waals surface area (Å²) in [6, 6.07) is 5.81. The zero-order valence-corrected chi connectivity index (χ0v) is 14.4. The Kier molecular flexibility index (Phi) is 4.36. The maximum absolute atomic E-state index is 12.5. The van der Waals surface area contributed by atoms with E-state index in [0.717, 1.165) is 39.5 Å². The molecule has 2 rings (SSSR count). The SMILES string of the molecule is CC1(C)CCN(C(=O)c2cccc(Br)c2I)CC1. The third kappa shape index (κ3) is 3.07. The molecule has 0 N–H and O–H groups in total. The van der Waals surface area contributed by atoms with E-state index in [1.165, 1.54) is 0 Å². The molecule has 0 radical (unpaired) electrons. The summed E-state index contributed by atoms with van der Waals surface area (Å²) in [6.45, 7) is 6.29. The first-order valence-electron chi connectivity index (χ1n) is 6.14. The summed E-state index contributed by atoms with van der Waals surface area (Å²) in [6.07, 6.45) is 2.17. The molecule has 18 heavy (non-hydrogen) atoms. The van der Waals surface area contributed by atoms with Crippen molar-refractivity contribution in [2.24, 2.45) is 5.41 Å². The fourth-order valence-corrected chi connectivity index (χ4v) is 3.11. The average molecular weight is 422 g/mol. The van der Waals surface area contributed by atoms with Gasteiger partial charge in [-0.05, 0) is 68.9 Å². The molecule has 0 aliphatic carbocycles. The van der Waals surface area contributed by atoms with Crippen LogP contribution in [0.4, 0.5) is 0 Å². The summed E-state index contributed by atoms with van der Waals surface area (Å²) in [5.41, 5.74) is 1.19. The van der Waals surface area contributed by atoms with Crippen molar-refractivity contribution >= 4 is 44.4 Å². The van der Waals surface area contributed by atoms with Crippen molar-refractivity contribution in [2.45, 2.75) is 26.7 Å². The van der Waals surface area contributed by atoms with Crippen molar-refractivity contribution in [3.63, 3.8) is 0 Å². The van der Waals surface area contributed by atoms with E-state index >= 15 is 0 Å². The fraction of sp³-hybridized carbons (Fsp3) is 0.500. The maximum Gasteiger partial charge on any atom is 0.254 e. The Morgan fingerprint density at radius 1 is 1.33 bits per heavy atom. The van der Waals surface area contributed by atoms with Crippen molar-refractivity contribution < 1.29 is 4.79 Å². The third-order valence-corrected chi connectivity index (χ3v) is 6.15. The molecule has 98 valence electrons. The molecule has 1 heterocycles. The van der Waals surface area contributed by atoms with Gasteiger partial charge >= 0.3 is 0 Å². The molecule has 0 saturated carbocycles. The molecule has 0 spiro atoms. The second-order valence-corrected chi connectivity index (χ2v) is 7.49. The summed E-state index contributed by atoms with van der Waals surface area (Å²) >= 11 is 5.71. The largest absolute Gasteiger partial charge is 0.339 e. The molecule has 0 bridgehead atoms. The molecule has 1 fully saturated rings. The molecule has 0 aromatic heterocycles. The number of benzene rings is 1. The van der Waals surface area contributed by atoms with E-state index in [1.807, 2.05) is 23.1 Å². The second kappa shape index (κ2) is 5.49. The molecule has 1 aliphatic heterocycles. The van der Waals surface area contributed by atoms with Crippen LogP contribution in [-0.2, 0) is 0 Å². The van der Waals surface area contributed by atoms with Gasteiger partial charge in [0.15, 0.2) is 0 Å². The minimum absolute atomic E-state index is 0.163. The quantitative estimate of drug-likeness (QED) is 0.618. The molecule has 1 amide bonds. The van der Waals surface area contributed by atoms with Gasteiger partial charge in [-0.2, -0.15) is 0 Å². The second-order valence-electron chi connectivity index (χ2n) is 5.56. The molecule has 2 nitrogen and oxygen atoms in total. The highest BCUT2D eigenvalue weighted by Crippen LogP contribution is 2.31. The Hall–Kier alpha value is -0.100. The van der Waals surface area contributed by atoms with Gasteiger partial charge in [-0.25, -0.2) is 0 Å². The highest BCUT2D eigenvalue weighted by atomic mass is 127. The van der Waals surface area contributed by atoms with Crippen LogP contribution >= 0.6 is 38.5 Å². The van der Waals surface area contributed by atoms with Crippen molar-refractivity contribution in [1.82, 2.24) is 4.90 Å². The first-order chi connectivity index (χ1) is 8.41. The molecular formula is C14H17BrINO. The topological polar surface area (TPSA) is 20.3 Å². The predicted molar refractivity (Wildman–Crippen MR) is 85.8 cm³/mol. The summed E-state index contributed by atoms with van der Waals surface area (Å²) in [5.74, 6) is 0.163. The fourth-order valence-electron chi connectivity index (χ4n) is 2.15. The number of piperidine rings is 1. The molecule has 0 atom stereocenters. The Morgan fingerprint density at radius 3 is 2.56 bits per heavy atom. The van der Waals surface area contributed by atoms with E-state index in [0.29, 0.717) is 5.41 Å². The molecule has 1 aromatic carbocycles. The van der Waals surface area contributed by atoms with Gasteiger partial charge in [-0.3, -0.25) is 4.79 Å². The lowest BCUT2D eigenvalue weighted by molar-refractivity contribution is 0.0629. The van der Waals surface area contributed by atoms with Crippen molar-refractivity contribution in [2.75, 3.05) is 13.1 Å². The first-order valence-corrected chi connectivity index (χ1v) is 8.01. The smallest absolute Gasteiger partial charge is 0.254 e. The molecule has 1 aromatic rings. The lowest BCUT2D eigenvalue weighted by Crippen LogP contribution is -2.41. The maximum atomic E-state index is 12.5. The van der Waals surface area contributed by atoms with Gasteiger partial charge in [0.1, 0.15) is 0 Å². The van der Waals surface area contributed by atoms with Crippen LogP contribution in [0.25, 0.3) is 0 Å². The zero-order valence-electron chi connectivity index (χ0n) is 10.7. The van der Waals surface area contributed by atoms with Crippen LogP contribution in [0.15, 0.2) is 22.7 Å². The van der Waals surface area contributed by atoms with Gasteiger partial charge in [0.2, 0.25) is 0 Å². The summed E-state index contributed by atoms with van der Waals surface area (Å²) in [4.78, 5) is 14.5. The molecule has 1 aliphatic rings. The summed E-state index contributed by atoms with van der Waals surface area (Å²) in [7, 11) is 0. The summed E-state index contributed by atoms with van der Waals surface area (Å²) < 4.78 is 2.00. The van der Waals surface area contributed by atoms with Crippen LogP contribution in [0.2, 0.25) is 0 Å². The van der Waals surface area contributed by atoms with Gasteiger partial charge < -0.3 is 4.90 Å². The number of halogens is 2. The lowest BCUT2D eigenvalue weighted by Gasteiger charge is -2.37. The molecular weight excluding hydrogens is 405 g/mol. The highest BCUT2D eigenvalue weighted by molar-refractivity contribution is 14.1. The number of carbonyl (C=O) groups excluding carboxylic acids is 1. The number of hydrogen-bond donors (Lipinski definition) is 0. The number of rotatable bonds is 1. The lowest BCUT2D eigenvalue weighted by atomic mass is 9.82. The Labute approximate surface area is 130 Å². The highest BCUT2D eigenvalue weighted by Gasteiger charge is 2.29. The van der Waals surface area contributed by atoms with E-state index in [9.17, 15) is 4.79 Å². The molecule has 0 unspecified atom stereocenters. The predicted octanol–water partition coefficient (Wildman–Crippen LogP) is 4.32. The van der Waals surface area contributed by atoms with E-state index in [4.69, 9.17) is 0 Å². The summed E-state index contributed by atoms with van der Waals surface area (Å²) in [5, 5.41) is 0. The van der Waals surface area contributed by atoms with Crippen LogP contribution in [0.5, 0.6) is 0 Å². The van der Waals surface area contributed by atoms with Gasteiger partial charge in [0, 0.05) is 21.1 Å². The Bertz CT molecular complexity index is 463. The average Bonchev–Trinajstić information content (AvgIpc) is 2.32. The van der Waals surface area contributed by atoms with Crippen LogP contribution in [0.3, 0.4) is 0 Å². The monoisotopic (exact) mass is 421 g/mol. The van der Waals surface area contributed by atoms with Crippen LogP contribution in [0.1, 0.15) is 37.0 Å². The minimum Gasteiger partial charge on any atom is -0.339 e. The van der Waals surface area contributed by atoms with E-state index in [1.54, 1.807) is 0 Å². The number of likely N-dealkylation sites (tertiary alicyclic amines) is 1. The van der Waals surface area contributed by atoms with Gasteiger partial charge in [0.05, 0.1) is 5.56 Å². The standard InChI is InChI=1S/C14H17BrINO/c1-14(2)6-8-17(9-7-14)13(18)10-4-3-5-11(15)12(10)16/h3-5H,6-9H2,1-2H3. The van der Waals surface area contributed by atoms with Gasteiger partial charge in [-0.15, -0.1) is 0 Å². The molecule has 1 saturated heterocycles. The number of amides is 1. The van der Waals surface area contributed by atoms with E-state index in [-0.39, 0.29) is 5.91 Å². The number of nitrogens with zero attached hydrogens (tertiary/aromatic N) is 1. The Balaban J connectivity index is 2.15. The number of hydrogen-bond acceptors (Lipinski definition) is 1. The Morgan fingerprint density at radius 2 is 1.94 bits per heavy atom. The van der Waals surface area contributed by atoms with Crippen molar-refractivity contribution in [3.05, 3.63) is 31.8 Å². The first kappa shape index (κ1) is 14.3. The third-order valence-electron chi connectivity index (χ3n) is 3.59. The van der Waals surface area contributed by atoms with Crippen LogP contribution < -0.4 is 0 Å². The van der Waals surface area contributed by atoms with Crippen molar-refractivity contribution in [1.29, 1.82) is 0 Å². The van der Waals surface area contributed by atoms with E-state index < -0.39 is 0 Å². The van der Waals surface area contributed by atoms with Crippen LogP contribution in [-0.4, -0.2) is 23.9 Å². The normalized spacial score (nSPS) is 18.8. The van der Waals surface area contributed by atoms with Crippen LogP contribution in [0, 0.1) is 8.99 Å². The zero-order chi connectivity index (χ0) is 13.3. The molecule has 4 heteroatoms. The minimum atomic E-state index is 0.163. The van der Waals surface area contributed by atoms with E-state index in [2.05, 4.69) is 52.4 Å². The van der Waals surface area contributed by atoms with Crippen molar-refractivity contribution in [3.8, 4) is 0 Å².